The SMILES string of the molecule is Clc1cc(Br)cc(Cl)c1NCc1ccc2[nH]ccc2c1. The van der Waals surface area contributed by atoms with Gasteiger partial charge < -0.3 is 10.3 Å². The number of aromatic nitrogens is 1. The monoisotopic (exact) mass is 368 g/mol. The third-order valence-corrected chi connectivity index (χ3v) is 4.15. The van der Waals surface area contributed by atoms with E-state index < -0.39 is 0 Å². The standard InChI is InChI=1S/C15H11BrCl2N2/c16-11-6-12(17)15(13(18)7-11)20-8-9-1-2-14-10(5-9)3-4-19-14/h1-7,19-20H,8H2. The van der Waals surface area contributed by atoms with Crippen molar-refractivity contribution < 1.29 is 0 Å². The van der Waals surface area contributed by atoms with Crippen molar-refractivity contribution in [1.82, 2.24) is 4.98 Å². The Kier molecular flexibility index (Phi) is 3.92. The highest BCUT2D eigenvalue weighted by Crippen LogP contribution is 2.34. The van der Waals surface area contributed by atoms with Crippen LogP contribution in [0.15, 0.2) is 47.1 Å². The van der Waals surface area contributed by atoms with Crippen LogP contribution >= 0.6 is 39.1 Å². The molecule has 20 heavy (non-hydrogen) atoms. The van der Waals surface area contributed by atoms with Crippen molar-refractivity contribution in [2.45, 2.75) is 6.54 Å². The molecule has 0 saturated heterocycles. The number of fused-ring (bicyclic) bond motifs is 1. The zero-order valence-corrected chi connectivity index (χ0v) is 13.5. The van der Waals surface area contributed by atoms with Gasteiger partial charge in [0, 0.05) is 22.7 Å². The molecule has 0 aliphatic carbocycles. The lowest BCUT2D eigenvalue weighted by molar-refractivity contribution is 1.15. The summed E-state index contributed by atoms with van der Waals surface area (Å²) in [6.45, 7) is 0.669. The van der Waals surface area contributed by atoms with Crippen molar-refractivity contribution in [2.75, 3.05) is 5.32 Å². The second-order valence-electron chi connectivity index (χ2n) is 4.50. The number of H-pyrrole nitrogens is 1. The van der Waals surface area contributed by atoms with E-state index in [2.05, 4.69) is 50.5 Å². The van der Waals surface area contributed by atoms with E-state index in [1.54, 1.807) is 0 Å². The van der Waals surface area contributed by atoms with Gasteiger partial charge in [-0.1, -0.05) is 45.2 Å². The fraction of sp³-hybridized carbons (Fsp3) is 0.0667. The van der Waals surface area contributed by atoms with Crippen LogP contribution in [0.1, 0.15) is 5.56 Å². The Hall–Kier alpha value is -1.16. The van der Waals surface area contributed by atoms with Crippen molar-refractivity contribution in [3.05, 3.63) is 62.7 Å². The van der Waals surface area contributed by atoms with Crippen LogP contribution < -0.4 is 5.32 Å². The molecule has 2 aromatic carbocycles. The van der Waals surface area contributed by atoms with Crippen LogP contribution in [-0.2, 0) is 6.54 Å². The Labute approximate surface area is 135 Å². The Morgan fingerprint density at radius 2 is 1.80 bits per heavy atom. The van der Waals surface area contributed by atoms with Gasteiger partial charge in [0.1, 0.15) is 0 Å². The number of hydrogen-bond donors (Lipinski definition) is 2. The van der Waals surface area contributed by atoms with Gasteiger partial charge in [0.2, 0.25) is 0 Å². The van der Waals surface area contributed by atoms with Gasteiger partial charge in [0.25, 0.3) is 0 Å². The lowest BCUT2D eigenvalue weighted by Crippen LogP contribution is -2.00. The van der Waals surface area contributed by atoms with E-state index in [0.717, 1.165) is 15.7 Å². The maximum Gasteiger partial charge on any atom is 0.0722 e. The predicted octanol–water partition coefficient (Wildman–Crippen LogP) is 5.85. The Morgan fingerprint density at radius 1 is 1.05 bits per heavy atom. The number of hydrogen-bond acceptors (Lipinski definition) is 1. The van der Waals surface area contributed by atoms with Crippen LogP contribution in [0.4, 0.5) is 5.69 Å². The second-order valence-corrected chi connectivity index (χ2v) is 6.23. The zero-order valence-electron chi connectivity index (χ0n) is 10.4. The molecular formula is C15H11BrCl2N2. The molecule has 0 bridgehead atoms. The molecule has 3 aromatic rings. The number of halogens is 3. The summed E-state index contributed by atoms with van der Waals surface area (Å²) in [5.74, 6) is 0. The summed E-state index contributed by atoms with van der Waals surface area (Å²) < 4.78 is 0.867. The smallest absolute Gasteiger partial charge is 0.0722 e. The van der Waals surface area contributed by atoms with Crippen molar-refractivity contribution in [3.8, 4) is 0 Å². The van der Waals surface area contributed by atoms with E-state index in [-0.39, 0.29) is 0 Å². The second kappa shape index (κ2) is 5.68. The van der Waals surface area contributed by atoms with Crippen LogP contribution in [-0.4, -0.2) is 4.98 Å². The number of rotatable bonds is 3. The van der Waals surface area contributed by atoms with Crippen LogP contribution in [0.2, 0.25) is 10.0 Å². The number of anilines is 1. The van der Waals surface area contributed by atoms with E-state index in [1.165, 1.54) is 10.9 Å². The van der Waals surface area contributed by atoms with Gasteiger partial charge in [-0.15, -0.1) is 0 Å². The molecule has 0 unspecified atom stereocenters. The fourth-order valence-corrected chi connectivity index (χ4v) is 3.46. The maximum atomic E-state index is 6.20. The maximum absolute atomic E-state index is 6.20. The molecule has 1 aromatic heterocycles. The van der Waals surface area contributed by atoms with E-state index >= 15 is 0 Å². The summed E-state index contributed by atoms with van der Waals surface area (Å²) in [6.07, 6.45) is 1.93. The van der Waals surface area contributed by atoms with Crippen molar-refractivity contribution in [1.29, 1.82) is 0 Å². The first-order valence-electron chi connectivity index (χ1n) is 6.08. The van der Waals surface area contributed by atoms with E-state index in [1.807, 2.05) is 18.3 Å². The molecular weight excluding hydrogens is 359 g/mol. The van der Waals surface area contributed by atoms with Gasteiger partial charge in [-0.25, -0.2) is 0 Å². The van der Waals surface area contributed by atoms with E-state index in [4.69, 9.17) is 23.2 Å². The van der Waals surface area contributed by atoms with Crippen molar-refractivity contribution >= 4 is 55.7 Å². The third kappa shape index (κ3) is 2.80. The van der Waals surface area contributed by atoms with Crippen molar-refractivity contribution in [3.63, 3.8) is 0 Å². The predicted molar refractivity (Wildman–Crippen MR) is 89.8 cm³/mol. The van der Waals surface area contributed by atoms with Gasteiger partial charge >= 0.3 is 0 Å². The van der Waals surface area contributed by atoms with Gasteiger partial charge in [-0.05, 0) is 41.3 Å². The normalized spacial score (nSPS) is 10.9. The lowest BCUT2D eigenvalue weighted by Gasteiger charge is -2.11. The quantitative estimate of drug-likeness (QED) is 0.595. The van der Waals surface area contributed by atoms with Crippen LogP contribution in [0.3, 0.4) is 0 Å². The highest BCUT2D eigenvalue weighted by atomic mass is 79.9. The van der Waals surface area contributed by atoms with E-state index in [0.29, 0.717) is 16.6 Å². The minimum atomic E-state index is 0.604. The zero-order chi connectivity index (χ0) is 14.1. The molecule has 2 N–H and O–H groups in total. The summed E-state index contributed by atoms with van der Waals surface area (Å²) in [4.78, 5) is 3.18. The summed E-state index contributed by atoms with van der Waals surface area (Å²) in [6, 6.07) is 12.0. The number of nitrogens with one attached hydrogen (secondary N) is 2. The molecule has 3 rings (SSSR count). The van der Waals surface area contributed by atoms with Gasteiger partial charge in [-0.3, -0.25) is 0 Å². The molecule has 0 fully saturated rings. The lowest BCUT2D eigenvalue weighted by atomic mass is 10.1. The largest absolute Gasteiger partial charge is 0.379 e. The van der Waals surface area contributed by atoms with Crippen LogP contribution in [0, 0.1) is 0 Å². The van der Waals surface area contributed by atoms with Crippen molar-refractivity contribution in [2.24, 2.45) is 0 Å². The summed E-state index contributed by atoms with van der Waals surface area (Å²) >= 11 is 15.8. The Morgan fingerprint density at radius 3 is 2.55 bits per heavy atom. The molecule has 2 nitrogen and oxygen atoms in total. The summed E-state index contributed by atoms with van der Waals surface area (Å²) in [7, 11) is 0. The average molecular weight is 370 g/mol. The fourth-order valence-electron chi connectivity index (χ4n) is 2.11. The average Bonchev–Trinajstić information content (AvgIpc) is 2.84. The Balaban J connectivity index is 1.82. The topological polar surface area (TPSA) is 27.8 Å². The molecule has 0 saturated carbocycles. The molecule has 0 radical (unpaired) electrons. The molecule has 0 atom stereocenters. The first-order chi connectivity index (χ1) is 9.63. The minimum absolute atomic E-state index is 0.604. The summed E-state index contributed by atoms with van der Waals surface area (Å²) in [5, 5.41) is 5.69. The van der Waals surface area contributed by atoms with Gasteiger partial charge in [-0.2, -0.15) is 0 Å². The van der Waals surface area contributed by atoms with Crippen LogP contribution in [0.25, 0.3) is 10.9 Å². The number of aromatic amines is 1. The third-order valence-electron chi connectivity index (χ3n) is 3.09. The first-order valence-corrected chi connectivity index (χ1v) is 7.63. The Bertz CT molecular complexity index is 744. The molecule has 102 valence electrons. The highest BCUT2D eigenvalue weighted by Gasteiger charge is 2.07. The highest BCUT2D eigenvalue weighted by molar-refractivity contribution is 9.10. The van der Waals surface area contributed by atoms with Gasteiger partial charge in [0.05, 0.1) is 15.7 Å². The van der Waals surface area contributed by atoms with E-state index in [9.17, 15) is 0 Å². The molecule has 0 aliphatic heterocycles. The van der Waals surface area contributed by atoms with Gasteiger partial charge in [0.15, 0.2) is 0 Å². The minimum Gasteiger partial charge on any atom is -0.379 e. The number of benzene rings is 2. The summed E-state index contributed by atoms with van der Waals surface area (Å²) in [5.41, 5.74) is 3.06. The van der Waals surface area contributed by atoms with Crippen LogP contribution in [0.5, 0.6) is 0 Å². The molecule has 0 aliphatic rings. The molecule has 0 amide bonds. The first kappa shape index (κ1) is 13.8. The molecule has 5 heteroatoms. The molecule has 1 heterocycles. The molecule has 0 spiro atoms.